The van der Waals surface area contributed by atoms with Crippen LogP contribution in [0.3, 0.4) is 0 Å². The highest BCUT2D eigenvalue weighted by molar-refractivity contribution is 6.00. The van der Waals surface area contributed by atoms with Crippen LogP contribution in [0.5, 0.6) is 0 Å². The molecule has 5 nitrogen and oxygen atoms in total. The second-order valence-corrected chi connectivity index (χ2v) is 3.94. The van der Waals surface area contributed by atoms with Crippen molar-refractivity contribution in [2.75, 3.05) is 24.7 Å². The highest BCUT2D eigenvalue weighted by atomic mass is 16.3. The fraction of sp³-hybridized carbons (Fsp3) is 0.417. The molecule has 0 aliphatic carbocycles. The normalized spacial score (nSPS) is 11.9. The van der Waals surface area contributed by atoms with E-state index in [2.05, 4.69) is 10.6 Å². The number of nitrogens with one attached hydrogen (secondary N) is 2. The Kier molecular flexibility index (Phi) is 4.78. The van der Waals surface area contributed by atoms with E-state index in [0.29, 0.717) is 23.4 Å². The number of benzene rings is 1. The molecule has 1 unspecified atom stereocenters. The number of carbonyl (C=O) groups is 1. The molecule has 0 aliphatic heterocycles. The number of aliphatic hydroxyl groups excluding tert-OH is 1. The van der Waals surface area contributed by atoms with Crippen LogP contribution >= 0.6 is 0 Å². The van der Waals surface area contributed by atoms with Crippen LogP contribution in [0.2, 0.25) is 0 Å². The molecule has 1 aromatic carbocycles. The zero-order valence-electron chi connectivity index (χ0n) is 10.2. The topological polar surface area (TPSA) is 87.4 Å². The highest BCUT2D eigenvalue weighted by Crippen LogP contribution is 2.20. The van der Waals surface area contributed by atoms with Crippen LogP contribution in [0.25, 0.3) is 0 Å². The van der Waals surface area contributed by atoms with Gasteiger partial charge in [0, 0.05) is 31.1 Å². The molecular formula is C12H19N3O2. The fourth-order valence-electron chi connectivity index (χ4n) is 1.55. The molecule has 0 aromatic heterocycles. The monoisotopic (exact) mass is 237 g/mol. The average Bonchev–Trinajstić information content (AvgIpc) is 2.28. The molecule has 1 amide bonds. The van der Waals surface area contributed by atoms with E-state index in [4.69, 9.17) is 10.8 Å². The van der Waals surface area contributed by atoms with Gasteiger partial charge in [-0.1, -0.05) is 0 Å². The summed E-state index contributed by atoms with van der Waals surface area (Å²) in [6, 6.07) is 5.16. The molecule has 0 heterocycles. The molecule has 0 aliphatic rings. The van der Waals surface area contributed by atoms with Crippen molar-refractivity contribution in [3.8, 4) is 0 Å². The second kappa shape index (κ2) is 6.10. The van der Waals surface area contributed by atoms with Crippen molar-refractivity contribution in [3.05, 3.63) is 23.8 Å². The zero-order valence-corrected chi connectivity index (χ0v) is 10.2. The van der Waals surface area contributed by atoms with Gasteiger partial charge in [-0.25, -0.2) is 0 Å². The summed E-state index contributed by atoms with van der Waals surface area (Å²) in [4.78, 5) is 11.6. The van der Waals surface area contributed by atoms with Crippen LogP contribution in [0, 0.1) is 0 Å². The van der Waals surface area contributed by atoms with Crippen molar-refractivity contribution in [2.24, 2.45) is 0 Å². The number of nitrogen functional groups attached to an aromatic ring is 1. The van der Waals surface area contributed by atoms with Crippen LogP contribution in [0.1, 0.15) is 23.7 Å². The van der Waals surface area contributed by atoms with E-state index in [9.17, 15) is 4.79 Å². The van der Waals surface area contributed by atoms with Crippen molar-refractivity contribution in [2.45, 2.75) is 19.4 Å². The van der Waals surface area contributed by atoms with Crippen molar-refractivity contribution >= 4 is 17.3 Å². The molecule has 5 N–H and O–H groups in total. The maximum Gasteiger partial charge on any atom is 0.253 e. The third kappa shape index (κ3) is 3.64. The minimum Gasteiger partial charge on any atom is -0.399 e. The van der Waals surface area contributed by atoms with Gasteiger partial charge in [0.2, 0.25) is 0 Å². The summed E-state index contributed by atoms with van der Waals surface area (Å²) in [6.45, 7) is 2.04. The molecular weight excluding hydrogens is 218 g/mol. The number of amides is 1. The predicted octanol–water partition coefficient (Wildman–Crippen LogP) is 0.811. The van der Waals surface area contributed by atoms with Crippen molar-refractivity contribution in [3.63, 3.8) is 0 Å². The molecule has 0 saturated carbocycles. The lowest BCUT2D eigenvalue weighted by molar-refractivity contribution is 0.0964. The number of nitrogens with two attached hydrogens (primary N) is 1. The Labute approximate surface area is 101 Å². The van der Waals surface area contributed by atoms with Gasteiger partial charge in [0.05, 0.1) is 5.56 Å². The molecule has 1 rings (SSSR count). The van der Waals surface area contributed by atoms with Crippen LogP contribution in [0.4, 0.5) is 11.4 Å². The van der Waals surface area contributed by atoms with Gasteiger partial charge in [-0.3, -0.25) is 4.79 Å². The number of hydrogen-bond acceptors (Lipinski definition) is 4. The van der Waals surface area contributed by atoms with E-state index in [1.807, 2.05) is 6.92 Å². The van der Waals surface area contributed by atoms with E-state index in [1.165, 1.54) is 0 Å². The van der Waals surface area contributed by atoms with Crippen LogP contribution in [-0.2, 0) is 0 Å². The van der Waals surface area contributed by atoms with Crippen molar-refractivity contribution in [1.29, 1.82) is 0 Å². The summed E-state index contributed by atoms with van der Waals surface area (Å²) in [7, 11) is 1.58. The highest BCUT2D eigenvalue weighted by Gasteiger charge is 2.11. The summed E-state index contributed by atoms with van der Waals surface area (Å²) >= 11 is 0. The Morgan fingerprint density at radius 2 is 2.24 bits per heavy atom. The Bertz CT molecular complexity index is 393. The van der Waals surface area contributed by atoms with Crippen LogP contribution in [-0.4, -0.2) is 30.7 Å². The summed E-state index contributed by atoms with van der Waals surface area (Å²) in [5.41, 5.74) is 7.52. The first-order valence-electron chi connectivity index (χ1n) is 5.57. The van der Waals surface area contributed by atoms with E-state index < -0.39 is 0 Å². The Morgan fingerprint density at radius 3 is 2.82 bits per heavy atom. The molecule has 1 atom stereocenters. The van der Waals surface area contributed by atoms with E-state index in [0.717, 1.165) is 0 Å². The van der Waals surface area contributed by atoms with Gasteiger partial charge in [0.25, 0.3) is 5.91 Å². The van der Waals surface area contributed by atoms with Gasteiger partial charge >= 0.3 is 0 Å². The van der Waals surface area contributed by atoms with Gasteiger partial charge in [-0.15, -0.1) is 0 Å². The summed E-state index contributed by atoms with van der Waals surface area (Å²) < 4.78 is 0. The Morgan fingerprint density at radius 1 is 1.53 bits per heavy atom. The molecule has 17 heavy (non-hydrogen) atoms. The van der Waals surface area contributed by atoms with E-state index in [1.54, 1.807) is 25.2 Å². The first-order valence-corrected chi connectivity index (χ1v) is 5.57. The Balaban J connectivity index is 2.94. The molecule has 94 valence electrons. The van der Waals surface area contributed by atoms with Gasteiger partial charge in [0.1, 0.15) is 0 Å². The third-order valence-electron chi connectivity index (χ3n) is 2.48. The van der Waals surface area contributed by atoms with Gasteiger partial charge in [-0.05, 0) is 31.5 Å². The molecule has 5 heteroatoms. The average molecular weight is 237 g/mol. The standard InChI is InChI=1S/C12H19N3O2/c1-8(5-6-16)15-11-7-9(13)3-4-10(11)12(17)14-2/h3-4,7-8,15-16H,5-6,13H2,1-2H3,(H,14,17). The summed E-state index contributed by atoms with van der Waals surface area (Å²) in [6.07, 6.45) is 0.613. The maximum atomic E-state index is 11.6. The SMILES string of the molecule is CNC(=O)c1ccc(N)cc1NC(C)CCO. The second-order valence-electron chi connectivity index (χ2n) is 3.94. The van der Waals surface area contributed by atoms with Gasteiger partial charge in [-0.2, -0.15) is 0 Å². The zero-order chi connectivity index (χ0) is 12.8. The molecule has 0 spiro atoms. The largest absolute Gasteiger partial charge is 0.399 e. The van der Waals surface area contributed by atoms with Crippen LogP contribution < -0.4 is 16.4 Å². The summed E-state index contributed by atoms with van der Waals surface area (Å²) in [5.74, 6) is -0.163. The number of carbonyl (C=O) groups excluding carboxylic acids is 1. The minimum absolute atomic E-state index is 0.0743. The van der Waals surface area contributed by atoms with Crippen molar-refractivity contribution < 1.29 is 9.90 Å². The lowest BCUT2D eigenvalue weighted by Crippen LogP contribution is -2.23. The lowest BCUT2D eigenvalue weighted by atomic mass is 10.1. The third-order valence-corrected chi connectivity index (χ3v) is 2.48. The number of hydrogen-bond donors (Lipinski definition) is 4. The molecule has 0 radical (unpaired) electrons. The molecule has 0 saturated heterocycles. The Hall–Kier alpha value is -1.75. The predicted molar refractivity (Wildman–Crippen MR) is 69.0 cm³/mol. The van der Waals surface area contributed by atoms with Crippen LogP contribution in [0.15, 0.2) is 18.2 Å². The van der Waals surface area contributed by atoms with Gasteiger partial charge < -0.3 is 21.5 Å². The smallest absolute Gasteiger partial charge is 0.253 e. The quantitative estimate of drug-likeness (QED) is 0.571. The fourth-order valence-corrected chi connectivity index (χ4v) is 1.55. The minimum atomic E-state index is -0.163. The van der Waals surface area contributed by atoms with Gasteiger partial charge in [0.15, 0.2) is 0 Å². The number of rotatable bonds is 5. The van der Waals surface area contributed by atoms with E-state index >= 15 is 0 Å². The molecule has 1 aromatic rings. The van der Waals surface area contributed by atoms with E-state index in [-0.39, 0.29) is 18.6 Å². The molecule has 0 fully saturated rings. The van der Waals surface area contributed by atoms with Crippen molar-refractivity contribution in [1.82, 2.24) is 5.32 Å². The maximum absolute atomic E-state index is 11.6. The number of aliphatic hydroxyl groups is 1. The first-order chi connectivity index (χ1) is 8.08. The molecule has 0 bridgehead atoms. The lowest BCUT2D eigenvalue weighted by Gasteiger charge is -2.17. The first kappa shape index (κ1) is 13.3. The number of anilines is 2. The summed E-state index contributed by atoms with van der Waals surface area (Å²) in [5, 5.41) is 14.6.